The van der Waals surface area contributed by atoms with Crippen molar-refractivity contribution < 1.29 is 9.84 Å². The molecular weight excluding hydrogens is 288 g/mol. The molecule has 0 saturated carbocycles. The molecular formula is C19H26N2O2. The van der Waals surface area contributed by atoms with E-state index in [1.165, 1.54) is 16.7 Å². The van der Waals surface area contributed by atoms with E-state index in [9.17, 15) is 0 Å². The molecule has 2 aromatic carbocycles. The number of hydrogen-bond donors (Lipinski definition) is 3. The van der Waals surface area contributed by atoms with Crippen molar-refractivity contribution in [3.63, 3.8) is 0 Å². The predicted molar refractivity (Wildman–Crippen MR) is 93.6 cm³/mol. The van der Waals surface area contributed by atoms with Crippen LogP contribution in [-0.2, 0) is 13.2 Å². The Morgan fingerprint density at radius 3 is 2.61 bits per heavy atom. The highest BCUT2D eigenvalue weighted by Crippen LogP contribution is 2.16. The van der Waals surface area contributed by atoms with E-state index in [0.717, 1.165) is 25.4 Å². The lowest BCUT2D eigenvalue weighted by molar-refractivity contribution is 0.292. The Hall–Kier alpha value is -1.88. The van der Waals surface area contributed by atoms with Gasteiger partial charge in [0.05, 0.1) is 6.61 Å². The molecule has 0 spiro atoms. The lowest BCUT2D eigenvalue weighted by Gasteiger charge is -2.10. The van der Waals surface area contributed by atoms with Gasteiger partial charge in [-0.05, 0) is 35.7 Å². The Kier molecular flexibility index (Phi) is 7.60. The van der Waals surface area contributed by atoms with Crippen LogP contribution in [0.3, 0.4) is 0 Å². The van der Waals surface area contributed by atoms with Crippen molar-refractivity contribution in [2.24, 2.45) is 0 Å². The summed E-state index contributed by atoms with van der Waals surface area (Å²) in [6.07, 6.45) is 0. The van der Waals surface area contributed by atoms with Crippen LogP contribution in [-0.4, -0.2) is 31.3 Å². The fourth-order valence-corrected chi connectivity index (χ4v) is 2.29. The van der Waals surface area contributed by atoms with Crippen LogP contribution in [0.2, 0.25) is 0 Å². The second-order valence-corrected chi connectivity index (χ2v) is 5.51. The van der Waals surface area contributed by atoms with Crippen LogP contribution in [0.5, 0.6) is 5.75 Å². The maximum absolute atomic E-state index is 8.68. The summed E-state index contributed by atoms with van der Waals surface area (Å²) >= 11 is 0. The molecule has 0 aliphatic heterocycles. The Morgan fingerprint density at radius 2 is 1.78 bits per heavy atom. The molecule has 0 fully saturated rings. The minimum absolute atomic E-state index is 0.181. The molecule has 4 nitrogen and oxygen atoms in total. The van der Waals surface area contributed by atoms with E-state index >= 15 is 0 Å². The van der Waals surface area contributed by atoms with Crippen LogP contribution in [0.4, 0.5) is 0 Å². The summed E-state index contributed by atoms with van der Waals surface area (Å²) in [5.41, 5.74) is 3.67. The zero-order chi connectivity index (χ0) is 16.3. The van der Waals surface area contributed by atoms with Crippen molar-refractivity contribution in [2.45, 2.75) is 20.1 Å². The average Bonchev–Trinajstić information content (AvgIpc) is 2.58. The fraction of sp³-hybridized carbons (Fsp3) is 0.368. The van der Waals surface area contributed by atoms with Crippen LogP contribution >= 0.6 is 0 Å². The third-order valence-corrected chi connectivity index (χ3v) is 3.65. The molecule has 0 unspecified atom stereocenters. The van der Waals surface area contributed by atoms with E-state index in [1.807, 2.05) is 24.3 Å². The summed E-state index contributed by atoms with van der Waals surface area (Å²) in [7, 11) is 0. The van der Waals surface area contributed by atoms with Crippen LogP contribution in [0, 0.1) is 6.92 Å². The highest BCUT2D eigenvalue weighted by Gasteiger charge is 2.00. The first-order valence-corrected chi connectivity index (χ1v) is 8.08. The van der Waals surface area contributed by atoms with Gasteiger partial charge in [0.15, 0.2) is 0 Å². The monoisotopic (exact) mass is 314 g/mol. The molecule has 124 valence electrons. The minimum atomic E-state index is 0.181. The zero-order valence-electron chi connectivity index (χ0n) is 13.7. The second-order valence-electron chi connectivity index (χ2n) is 5.51. The first-order chi connectivity index (χ1) is 11.3. The molecule has 0 atom stereocenters. The van der Waals surface area contributed by atoms with Gasteiger partial charge >= 0.3 is 0 Å². The van der Waals surface area contributed by atoms with E-state index in [1.54, 1.807) is 0 Å². The van der Waals surface area contributed by atoms with Crippen LogP contribution in [0.25, 0.3) is 0 Å². The van der Waals surface area contributed by atoms with E-state index in [-0.39, 0.29) is 6.61 Å². The summed E-state index contributed by atoms with van der Waals surface area (Å²) in [4.78, 5) is 0. The highest BCUT2D eigenvalue weighted by molar-refractivity contribution is 5.30. The first-order valence-electron chi connectivity index (χ1n) is 8.08. The molecule has 0 radical (unpaired) electrons. The smallest absolute Gasteiger partial charge is 0.120 e. The van der Waals surface area contributed by atoms with Crippen molar-refractivity contribution in [3.05, 3.63) is 65.2 Å². The van der Waals surface area contributed by atoms with Crippen molar-refractivity contribution in [3.8, 4) is 5.75 Å². The van der Waals surface area contributed by atoms with Gasteiger partial charge in [0.1, 0.15) is 12.4 Å². The van der Waals surface area contributed by atoms with Gasteiger partial charge in [-0.15, -0.1) is 0 Å². The number of hydrogen-bond acceptors (Lipinski definition) is 4. The SMILES string of the molecule is Cc1ccccc1COc1cccc(CNCCNCCO)c1. The van der Waals surface area contributed by atoms with Crippen LogP contribution in [0.1, 0.15) is 16.7 Å². The molecule has 0 bridgehead atoms. The lowest BCUT2D eigenvalue weighted by atomic mass is 10.1. The highest BCUT2D eigenvalue weighted by atomic mass is 16.5. The van der Waals surface area contributed by atoms with Gasteiger partial charge in [-0.1, -0.05) is 36.4 Å². The molecule has 0 aromatic heterocycles. The first kappa shape index (κ1) is 17.5. The summed E-state index contributed by atoms with van der Waals surface area (Å²) in [6, 6.07) is 16.5. The van der Waals surface area contributed by atoms with Gasteiger partial charge in [-0.25, -0.2) is 0 Å². The predicted octanol–water partition coefficient (Wildman–Crippen LogP) is 2.25. The molecule has 3 N–H and O–H groups in total. The Morgan fingerprint density at radius 1 is 0.957 bits per heavy atom. The van der Waals surface area contributed by atoms with E-state index < -0.39 is 0 Å². The third-order valence-electron chi connectivity index (χ3n) is 3.65. The summed E-state index contributed by atoms with van der Waals surface area (Å²) in [5.74, 6) is 0.894. The van der Waals surface area contributed by atoms with Gasteiger partial charge in [0.2, 0.25) is 0 Å². The fourth-order valence-electron chi connectivity index (χ4n) is 2.29. The van der Waals surface area contributed by atoms with Gasteiger partial charge < -0.3 is 20.5 Å². The topological polar surface area (TPSA) is 53.5 Å². The average molecular weight is 314 g/mol. The number of benzene rings is 2. The van der Waals surface area contributed by atoms with Crippen LogP contribution < -0.4 is 15.4 Å². The number of aliphatic hydroxyl groups excluding tert-OH is 1. The number of aryl methyl sites for hydroxylation is 1. The van der Waals surface area contributed by atoms with Gasteiger partial charge in [-0.3, -0.25) is 0 Å². The molecule has 4 heteroatoms. The van der Waals surface area contributed by atoms with E-state index in [2.05, 4.69) is 41.8 Å². The van der Waals surface area contributed by atoms with Gasteiger partial charge in [0, 0.05) is 26.2 Å². The quantitative estimate of drug-likeness (QED) is 0.589. The molecule has 0 amide bonds. The molecule has 23 heavy (non-hydrogen) atoms. The summed E-state index contributed by atoms with van der Waals surface area (Å²) < 4.78 is 5.91. The maximum atomic E-state index is 8.68. The number of ether oxygens (including phenoxy) is 1. The molecule has 0 heterocycles. The Balaban J connectivity index is 1.77. The molecule has 2 aromatic rings. The molecule has 0 aliphatic rings. The van der Waals surface area contributed by atoms with Crippen molar-refractivity contribution in [1.29, 1.82) is 0 Å². The maximum Gasteiger partial charge on any atom is 0.120 e. The molecule has 2 rings (SSSR count). The lowest BCUT2D eigenvalue weighted by Crippen LogP contribution is -2.28. The standard InChI is InChI=1S/C19H26N2O2/c1-16-5-2-3-7-18(16)15-23-19-8-4-6-17(13-19)14-21-10-9-20-11-12-22/h2-8,13,20-22H,9-12,14-15H2,1H3. The van der Waals surface area contributed by atoms with E-state index in [4.69, 9.17) is 9.84 Å². The minimum Gasteiger partial charge on any atom is -0.489 e. The normalized spacial score (nSPS) is 10.7. The summed E-state index contributed by atoms with van der Waals surface area (Å²) in [5, 5.41) is 15.2. The zero-order valence-corrected chi connectivity index (χ0v) is 13.7. The Bertz CT molecular complexity index is 587. The molecule has 0 aliphatic carbocycles. The van der Waals surface area contributed by atoms with Gasteiger partial charge in [0.25, 0.3) is 0 Å². The van der Waals surface area contributed by atoms with Crippen molar-refractivity contribution in [2.75, 3.05) is 26.2 Å². The second kappa shape index (κ2) is 10.0. The number of aliphatic hydroxyl groups is 1. The Labute approximate surface area is 138 Å². The van der Waals surface area contributed by atoms with Crippen LogP contribution in [0.15, 0.2) is 48.5 Å². The third kappa shape index (κ3) is 6.40. The van der Waals surface area contributed by atoms with Gasteiger partial charge in [-0.2, -0.15) is 0 Å². The van der Waals surface area contributed by atoms with Crippen molar-refractivity contribution >= 4 is 0 Å². The number of nitrogens with one attached hydrogen (secondary N) is 2. The molecule has 0 saturated heterocycles. The van der Waals surface area contributed by atoms with E-state index in [0.29, 0.717) is 13.2 Å². The summed E-state index contributed by atoms with van der Waals surface area (Å²) in [6.45, 7) is 6.05. The largest absolute Gasteiger partial charge is 0.489 e. The number of rotatable bonds is 10. The van der Waals surface area contributed by atoms with Crippen molar-refractivity contribution in [1.82, 2.24) is 10.6 Å².